The summed E-state index contributed by atoms with van der Waals surface area (Å²) in [6.45, 7) is 8.64. The monoisotopic (exact) mass is 496 g/mol. The number of carbonyl (C=O) groups excluding carboxylic acids is 2. The summed E-state index contributed by atoms with van der Waals surface area (Å²) in [5.41, 5.74) is 1.49. The van der Waals surface area contributed by atoms with Gasteiger partial charge in [-0.2, -0.15) is 0 Å². The van der Waals surface area contributed by atoms with Crippen molar-refractivity contribution in [1.29, 1.82) is 0 Å². The van der Waals surface area contributed by atoms with Gasteiger partial charge in [-0.25, -0.2) is 9.59 Å². The van der Waals surface area contributed by atoms with Crippen LogP contribution in [0.15, 0.2) is 30.3 Å². The van der Waals surface area contributed by atoms with Crippen molar-refractivity contribution in [3.05, 3.63) is 41.5 Å². The predicted molar refractivity (Wildman–Crippen MR) is 135 cm³/mol. The van der Waals surface area contributed by atoms with Crippen molar-refractivity contribution in [2.24, 2.45) is 11.8 Å². The van der Waals surface area contributed by atoms with E-state index in [2.05, 4.69) is 33.8 Å². The third-order valence-electron chi connectivity index (χ3n) is 7.44. The summed E-state index contributed by atoms with van der Waals surface area (Å²) < 4.78 is 17.3. The molecule has 1 fully saturated rings. The van der Waals surface area contributed by atoms with E-state index in [9.17, 15) is 19.8 Å². The molecule has 1 aliphatic carbocycles. The molecule has 1 aliphatic heterocycles. The first-order valence-electron chi connectivity index (χ1n) is 12.9. The highest BCUT2D eigenvalue weighted by atomic mass is 16.6. The molecule has 0 aromatic heterocycles. The number of esters is 2. The minimum Gasteiger partial charge on any atom is -0.508 e. The Hall–Kier alpha value is -3.22. The number of hydrogen-bond donors (Lipinski definition) is 2. The Kier molecular flexibility index (Phi) is 7.48. The van der Waals surface area contributed by atoms with Crippen LogP contribution in [0.4, 0.5) is 0 Å². The molecular weight excluding hydrogens is 460 g/mol. The zero-order valence-electron chi connectivity index (χ0n) is 21.5. The molecule has 0 unspecified atom stereocenters. The lowest BCUT2D eigenvalue weighted by Crippen LogP contribution is -2.47. The number of ether oxygens (including phenoxy) is 3. The Morgan fingerprint density at radius 3 is 2.39 bits per heavy atom. The second-order valence-electron chi connectivity index (χ2n) is 10.8. The van der Waals surface area contributed by atoms with E-state index in [0.29, 0.717) is 11.7 Å². The number of benzene rings is 2. The molecule has 2 N–H and O–H groups in total. The number of fused-ring (bicyclic) bond motifs is 3. The van der Waals surface area contributed by atoms with Crippen molar-refractivity contribution in [1.82, 2.24) is 0 Å². The normalized spacial score (nSPS) is 22.1. The Bertz CT molecular complexity index is 1120. The van der Waals surface area contributed by atoms with Crippen LogP contribution >= 0.6 is 0 Å². The Morgan fingerprint density at radius 1 is 1.00 bits per heavy atom. The van der Waals surface area contributed by atoms with Crippen LogP contribution in [-0.4, -0.2) is 27.8 Å². The Labute approximate surface area is 212 Å². The molecule has 0 saturated heterocycles. The molecule has 1 saturated carbocycles. The molecule has 0 bridgehead atoms. The van der Waals surface area contributed by atoms with Gasteiger partial charge >= 0.3 is 11.9 Å². The van der Waals surface area contributed by atoms with Gasteiger partial charge in [-0.05, 0) is 69.1 Å². The molecule has 3 atom stereocenters. The average molecular weight is 497 g/mol. The predicted octanol–water partition coefficient (Wildman–Crippen LogP) is 6.03. The summed E-state index contributed by atoms with van der Waals surface area (Å²) in [5, 5.41) is 19.2. The highest BCUT2D eigenvalue weighted by Gasteiger charge is 2.47. The smallest absolute Gasteiger partial charge is 0.423 e. The molecule has 0 radical (unpaired) electrons. The van der Waals surface area contributed by atoms with Crippen LogP contribution in [0.3, 0.4) is 0 Å². The van der Waals surface area contributed by atoms with E-state index in [1.807, 2.05) is 6.07 Å². The van der Waals surface area contributed by atoms with Gasteiger partial charge < -0.3 is 24.4 Å². The van der Waals surface area contributed by atoms with Gasteiger partial charge in [0.2, 0.25) is 0 Å². The van der Waals surface area contributed by atoms with Crippen molar-refractivity contribution in [3.63, 3.8) is 0 Å². The third kappa shape index (κ3) is 5.61. The second kappa shape index (κ2) is 10.4. The minimum absolute atomic E-state index is 0.152. The lowest BCUT2D eigenvalue weighted by molar-refractivity contribution is -0.156. The summed E-state index contributed by atoms with van der Waals surface area (Å²) in [6, 6.07) is 7.27. The largest absolute Gasteiger partial charge is 0.508 e. The summed E-state index contributed by atoms with van der Waals surface area (Å²) in [5.74, 6) is -1.13. The number of aryl methyl sites for hydroxylation is 1. The van der Waals surface area contributed by atoms with Crippen molar-refractivity contribution >= 4 is 11.9 Å². The SMILES string of the molecule is CCCCCc1cc(OC(=O)C(=O)Oc2cc(O)cc(O)c2)c2c(c1)OC(C)(C)[C@@H]1CC[C@@H](C)C[C@@H]21. The molecule has 0 spiro atoms. The summed E-state index contributed by atoms with van der Waals surface area (Å²) >= 11 is 0. The minimum atomic E-state index is -1.24. The maximum Gasteiger partial charge on any atom is 0.423 e. The maximum absolute atomic E-state index is 12.8. The van der Waals surface area contributed by atoms with Gasteiger partial charge in [0.05, 0.1) is 0 Å². The number of phenolic OH excluding ortho intramolecular Hbond substituents is 2. The van der Waals surface area contributed by atoms with Gasteiger partial charge in [0.1, 0.15) is 34.3 Å². The molecule has 36 heavy (non-hydrogen) atoms. The van der Waals surface area contributed by atoms with E-state index in [0.717, 1.165) is 80.0 Å². The number of hydrogen-bond acceptors (Lipinski definition) is 7. The molecule has 2 aliphatic rings. The van der Waals surface area contributed by atoms with Crippen LogP contribution in [0.2, 0.25) is 0 Å². The quantitative estimate of drug-likeness (QED) is 0.218. The molecule has 1 heterocycles. The van der Waals surface area contributed by atoms with Gasteiger partial charge in [0.25, 0.3) is 0 Å². The number of phenols is 2. The van der Waals surface area contributed by atoms with Crippen molar-refractivity contribution in [2.45, 2.75) is 84.2 Å². The topological polar surface area (TPSA) is 102 Å². The molecule has 7 heteroatoms. The van der Waals surface area contributed by atoms with Gasteiger partial charge in [0.15, 0.2) is 0 Å². The van der Waals surface area contributed by atoms with E-state index in [1.165, 1.54) is 0 Å². The van der Waals surface area contributed by atoms with Gasteiger partial charge in [-0.1, -0.05) is 33.1 Å². The zero-order chi connectivity index (χ0) is 26.0. The van der Waals surface area contributed by atoms with Gasteiger partial charge in [-0.3, -0.25) is 0 Å². The van der Waals surface area contributed by atoms with Crippen LogP contribution in [-0.2, 0) is 16.0 Å². The summed E-state index contributed by atoms with van der Waals surface area (Å²) in [4.78, 5) is 25.4. The van der Waals surface area contributed by atoms with Crippen LogP contribution in [0.1, 0.15) is 83.3 Å². The second-order valence-corrected chi connectivity index (χ2v) is 10.8. The third-order valence-corrected chi connectivity index (χ3v) is 7.44. The van der Waals surface area contributed by atoms with E-state index >= 15 is 0 Å². The van der Waals surface area contributed by atoms with Gasteiger partial charge in [-0.15, -0.1) is 0 Å². The first kappa shape index (κ1) is 25.9. The molecule has 194 valence electrons. The molecule has 7 nitrogen and oxygen atoms in total. The van der Waals surface area contributed by atoms with Crippen LogP contribution < -0.4 is 14.2 Å². The van der Waals surface area contributed by atoms with E-state index in [-0.39, 0.29) is 34.7 Å². The van der Waals surface area contributed by atoms with Crippen molar-refractivity contribution in [3.8, 4) is 28.7 Å². The number of carbonyl (C=O) groups is 2. The fraction of sp³-hybridized carbons (Fsp3) is 0.517. The lowest BCUT2D eigenvalue weighted by Gasteiger charge is -2.49. The molecular formula is C29H36O7. The number of aromatic hydroxyl groups is 2. The average Bonchev–Trinajstić information content (AvgIpc) is 2.77. The standard InChI is InChI=1S/C29H36O7/c1-5-6-7-8-18-12-24(35-28(33)27(32)34-21-15-19(30)14-20(31)16-21)26-22-11-17(2)9-10-23(22)29(3,4)36-25(26)13-18/h12-17,22-23,30-31H,5-11H2,1-4H3/t17-,22-,23-/m1/s1. The molecule has 2 aromatic rings. The Morgan fingerprint density at radius 2 is 1.69 bits per heavy atom. The van der Waals surface area contributed by atoms with E-state index in [4.69, 9.17) is 14.2 Å². The number of unbranched alkanes of at least 4 members (excludes halogenated alkanes) is 2. The molecule has 4 rings (SSSR count). The summed E-state index contributed by atoms with van der Waals surface area (Å²) in [7, 11) is 0. The van der Waals surface area contributed by atoms with Crippen molar-refractivity contribution in [2.75, 3.05) is 0 Å². The highest BCUT2D eigenvalue weighted by molar-refractivity contribution is 6.31. The molecule has 2 aromatic carbocycles. The maximum atomic E-state index is 12.8. The van der Waals surface area contributed by atoms with E-state index < -0.39 is 11.9 Å². The zero-order valence-corrected chi connectivity index (χ0v) is 21.5. The van der Waals surface area contributed by atoms with Crippen molar-refractivity contribution < 1.29 is 34.0 Å². The summed E-state index contributed by atoms with van der Waals surface area (Å²) in [6.07, 6.45) is 7.09. The van der Waals surface area contributed by atoms with E-state index in [1.54, 1.807) is 0 Å². The Balaban J connectivity index is 1.66. The van der Waals surface area contributed by atoms with Gasteiger partial charge in [0, 0.05) is 29.7 Å². The highest BCUT2D eigenvalue weighted by Crippen LogP contribution is 2.55. The fourth-order valence-corrected chi connectivity index (χ4v) is 5.72. The molecule has 0 amide bonds. The van der Waals surface area contributed by atoms with Crippen LogP contribution in [0.5, 0.6) is 28.7 Å². The van der Waals surface area contributed by atoms with Crippen LogP contribution in [0.25, 0.3) is 0 Å². The number of rotatable bonds is 6. The first-order chi connectivity index (χ1) is 17.1. The fourth-order valence-electron chi connectivity index (χ4n) is 5.72. The lowest BCUT2D eigenvalue weighted by atomic mass is 9.64. The first-order valence-corrected chi connectivity index (χ1v) is 12.9. The van der Waals surface area contributed by atoms with Crippen LogP contribution in [0, 0.1) is 11.8 Å².